The van der Waals surface area contributed by atoms with E-state index < -0.39 is 23.3 Å². The molecule has 4 rings (SSSR count). The monoisotopic (exact) mass is 487 g/mol. The number of halogens is 2. The first-order chi connectivity index (χ1) is 15.7. The van der Waals surface area contributed by atoms with Crippen LogP contribution in [0.15, 0.2) is 41.2 Å². The Labute approximate surface area is 198 Å². The summed E-state index contributed by atoms with van der Waals surface area (Å²) in [6, 6.07) is 10.0. The fraction of sp³-hybridized carbons (Fsp3) is 0.182. The van der Waals surface area contributed by atoms with Gasteiger partial charge in [0.2, 0.25) is 17.8 Å². The van der Waals surface area contributed by atoms with Crippen LogP contribution in [0, 0.1) is 6.92 Å². The van der Waals surface area contributed by atoms with Crippen LogP contribution in [0.4, 0.5) is 23.1 Å². The maximum absolute atomic E-state index is 13.1. The van der Waals surface area contributed by atoms with Crippen molar-refractivity contribution < 1.29 is 14.3 Å². The van der Waals surface area contributed by atoms with Gasteiger partial charge in [0, 0.05) is 23.2 Å². The number of methoxy groups -OCH3 is 1. The highest BCUT2D eigenvalue weighted by Crippen LogP contribution is 2.32. The molecule has 0 bridgehead atoms. The minimum atomic E-state index is -1.02. The maximum Gasteiger partial charge on any atom is 0.258 e. The molecule has 0 radical (unpaired) electrons. The van der Waals surface area contributed by atoms with Crippen LogP contribution in [0.25, 0.3) is 0 Å². The number of nitrogens with zero attached hydrogens (tertiary/aromatic N) is 1. The van der Waals surface area contributed by atoms with Gasteiger partial charge in [-0.05, 0) is 36.8 Å². The quantitative estimate of drug-likeness (QED) is 0.427. The van der Waals surface area contributed by atoms with E-state index in [4.69, 9.17) is 27.9 Å². The molecule has 0 aliphatic carbocycles. The number of rotatable bonds is 5. The number of ether oxygens (including phenoxy) is 1. The van der Waals surface area contributed by atoms with Crippen LogP contribution >= 0.6 is 23.2 Å². The van der Waals surface area contributed by atoms with E-state index in [-0.39, 0.29) is 23.8 Å². The summed E-state index contributed by atoms with van der Waals surface area (Å²) in [5.41, 5.74) is 1.28. The molecule has 3 aromatic rings. The first-order valence-corrected chi connectivity index (χ1v) is 10.6. The van der Waals surface area contributed by atoms with E-state index >= 15 is 0 Å². The number of hydrogen-bond acceptors (Lipinski definition) is 6. The van der Waals surface area contributed by atoms with E-state index in [2.05, 4.69) is 25.9 Å². The Morgan fingerprint density at radius 2 is 1.94 bits per heavy atom. The SMILES string of the molecule is COc1ccc(C)c(NC(=O)C2CC(=O)Nc3nc(Nc4ccc(Cl)cc4Cl)[nH]c(=O)c32)c1. The zero-order valence-electron chi connectivity index (χ0n) is 17.6. The van der Waals surface area contributed by atoms with Gasteiger partial charge in [-0.15, -0.1) is 0 Å². The first kappa shape index (κ1) is 22.6. The summed E-state index contributed by atoms with van der Waals surface area (Å²) in [4.78, 5) is 45.2. The highest BCUT2D eigenvalue weighted by Gasteiger charge is 2.35. The number of carbonyl (C=O) groups excluding carboxylic acids is 2. The lowest BCUT2D eigenvalue weighted by molar-refractivity contribution is -0.123. The topological polar surface area (TPSA) is 125 Å². The summed E-state index contributed by atoms with van der Waals surface area (Å²) in [7, 11) is 1.52. The number of aromatic amines is 1. The summed E-state index contributed by atoms with van der Waals surface area (Å²) < 4.78 is 5.20. The standard InChI is InChI=1S/C22H19Cl2N5O4/c1-10-3-5-12(33-2)8-16(10)25-20(31)13-9-17(30)27-19-18(13)21(32)29-22(28-19)26-15-6-4-11(23)7-14(15)24/h3-8,13H,9H2,1-2H3,(H,25,31)(H3,26,27,28,29,30,32). The Kier molecular flexibility index (Phi) is 6.26. The minimum Gasteiger partial charge on any atom is -0.497 e. The highest BCUT2D eigenvalue weighted by atomic mass is 35.5. The number of anilines is 4. The molecule has 1 aromatic heterocycles. The second-order valence-corrected chi connectivity index (χ2v) is 8.24. The van der Waals surface area contributed by atoms with Gasteiger partial charge in [0.1, 0.15) is 11.6 Å². The molecular formula is C22H19Cl2N5O4. The molecule has 1 atom stereocenters. The van der Waals surface area contributed by atoms with E-state index in [0.29, 0.717) is 27.2 Å². The molecule has 1 aliphatic rings. The number of fused-ring (bicyclic) bond motifs is 1. The molecular weight excluding hydrogens is 469 g/mol. The lowest BCUT2D eigenvalue weighted by atomic mass is 9.92. The number of H-pyrrole nitrogens is 1. The first-order valence-electron chi connectivity index (χ1n) is 9.87. The average molecular weight is 488 g/mol. The van der Waals surface area contributed by atoms with Gasteiger partial charge in [0.15, 0.2) is 0 Å². The number of aryl methyl sites for hydroxylation is 1. The molecule has 4 N–H and O–H groups in total. The van der Waals surface area contributed by atoms with Gasteiger partial charge in [-0.1, -0.05) is 29.3 Å². The van der Waals surface area contributed by atoms with Gasteiger partial charge in [-0.2, -0.15) is 4.98 Å². The van der Waals surface area contributed by atoms with Crippen LogP contribution in [-0.2, 0) is 9.59 Å². The van der Waals surface area contributed by atoms with Crippen molar-refractivity contribution in [3.8, 4) is 5.75 Å². The van der Waals surface area contributed by atoms with Gasteiger partial charge in [-0.25, -0.2) is 0 Å². The molecule has 2 amide bonds. The number of aromatic nitrogens is 2. The molecule has 0 fully saturated rings. The van der Waals surface area contributed by atoms with Crippen molar-refractivity contribution in [2.24, 2.45) is 0 Å². The van der Waals surface area contributed by atoms with Crippen LogP contribution in [0.3, 0.4) is 0 Å². The van der Waals surface area contributed by atoms with Crippen LogP contribution in [0.2, 0.25) is 10.0 Å². The molecule has 11 heteroatoms. The second-order valence-electron chi connectivity index (χ2n) is 7.40. The number of nitrogens with one attached hydrogen (secondary N) is 4. The van der Waals surface area contributed by atoms with Crippen molar-refractivity contribution >= 4 is 58.2 Å². The third-order valence-electron chi connectivity index (χ3n) is 5.15. The van der Waals surface area contributed by atoms with Crippen LogP contribution in [-0.4, -0.2) is 28.9 Å². The third-order valence-corrected chi connectivity index (χ3v) is 5.70. The van der Waals surface area contributed by atoms with Crippen molar-refractivity contribution in [1.82, 2.24) is 9.97 Å². The predicted octanol–water partition coefficient (Wildman–Crippen LogP) is 4.20. The highest BCUT2D eigenvalue weighted by molar-refractivity contribution is 6.36. The Balaban J connectivity index is 1.65. The fourth-order valence-corrected chi connectivity index (χ4v) is 3.91. The average Bonchev–Trinajstić information content (AvgIpc) is 2.76. The maximum atomic E-state index is 13.1. The number of amides is 2. The van der Waals surface area contributed by atoms with Gasteiger partial charge in [0.05, 0.1) is 29.3 Å². The van der Waals surface area contributed by atoms with Gasteiger partial charge >= 0.3 is 0 Å². The number of benzene rings is 2. The van der Waals surface area contributed by atoms with E-state index in [1.807, 2.05) is 6.92 Å². The summed E-state index contributed by atoms with van der Waals surface area (Å²) in [6.45, 7) is 1.82. The summed E-state index contributed by atoms with van der Waals surface area (Å²) in [5.74, 6) is -1.34. The Morgan fingerprint density at radius 3 is 2.67 bits per heavy atom. The summed E-state index contributed by atoms with van der Waals surface area (Å²) in [6.07, 6.45) is -0.192. The van der Waals surface area contributed by atoms with Crippen LogP contribution in [0.1, 0.15) is 23.5 Å². The molecule has 1 unspecified atom stereocenters. The van der Waals surface area contributed by atoms with Crippen molar-refractivity contribution in [3.63, 3.8) is 0 Å². The number of hydrogen-bond donors (Lipinski definition) is 4. The number of carbonyl (C=O) groups is 2. The molecule has 9 nitrogen and oxygen atoms in total. The normalized spacial score (nSPS) is 14.8. The molecule has 0 spiro atoms. The molecule has 1 aliphatic heterocycles. The predicted molar refractivity (Wildman–Crippen MR) is 127 cm³/mol. The van der Waals surface area contributed by atoms with E-state index in [9.17, 15) is 14.4 Å². The molecule has 2 heterocycles. The molecule has 2 aromatic carbocycles. The second kappa shape index (κ2) is 9.13. The Hall–Kier alpha value is -3.56. The van der Waals surface area contributed by atoms with Crippen LogP contribution < -0.4 is 26.2 Å². The lowest BCUT2D eigenvalue weighted by Crippen LogP contribution is -2.36. The Bertz CT molecular complexity index is 1320. The van der Waals surface area contributed by atoms with E-state index in [1.54, 1.807) is 30.3 Å². The van der Waals surface area contributed by atoms with Crippen molar-refractivity contribution in [2.75, 3.05) is 23.1 Å². The van der Waals surface area contributed by atoms with Gasteiger partial charge in [-0.3, -0.25) is 19.4 Å². The molecule has 170 valence electrons. The molecule has 0 saturated heterocycles. The largest absolute Gasteiger partial charge is 0.497 e. The minimum absolute atomic E-state index is 0.00472. The van der Waals surface area contributed by atoms with E-state index in [1.165, 1.54) is 13.2 Å². The zero-order valence-corrected chi connectivity index (χ0v) is 19.1. The fourth-order valence-electron chi connectivity index (χ4n) is 3.46. The molecule has 33 heavy (non-hydrogen) atoms. The summed E-state index contributed by atoms with van der Waals surface area (Å²) >= 11 is 12.1. The smallest absolute Gasteiger partial charge is 0.258 e. The van der Waals surface area contributed by atoms with E-state index in [0.717, 1.165) is 5.56 Å². The zero-order chi connectivity index (χ0) is 23.7. The van der Waals surface area contributed by atoms with Gasteiger partial charge < -0.3 is 20.7 Å². The van der Waals surface area contributed by atoms with Crippen molar-refractivity contribution in [3.05, 3.63) is 67.9 Å². The Morgan fingerprint density at radius 1 is 1.15 bits per heavy atom. The lowest BCUT2D eigenvalue weighted by Gasteiger charge is -2.24. The summed E-state index contributed by atoms with van der Waals surface area (Å²) in [5, 5.41) is 9.00. The van der Waals surface area contributed by atoms with Gasteiger partial charge in [0.25, 0.3) is 5.56 Å². The van der Waals surface area contributed by atoms with Crippen molar-refractivity contribution in [2.45, 2.75) is 19.3 Å². The van der Waals surface area contributed by atoms with Crippen molar-refractivity contribution in [1.29, 1.82) is 0 Å². The van der Waals surface area contributed by atoms with Crippen LogP contribution in [0.5, 0.6) is 5.75 Å². The molecule has 0 saturated carbocycles. The third kappa shape index (κ3) is 4.79.